The lowest BCUT2D eigenvalue weighted by Crippen LogP contribution is -2.53. The lowest BCUT2D eigenvalue weighted by Gasteiger charge is -2.35. The van der Waals surface area contributed by atoms with Crippen LogP contribution in [0.1, 0.15) is 16.8 Å². The molecule has 0 unspecified atom stereocenters. The van der Waals surface area contributed by atoms with E-state index in [-0.39, 0.29) is 11.4 Å². The highest BCUT2D eigenvalue weighted by Crippen LogP contribution is 2.31. The van der Waals surface area contributed by atoms with Crippen LogP contribution in [0, 0.1) is 0 Å². The van der Waals surface area contributed by atoms with E-state index in [1.165, 1.54) is 0 Å². The number of thioether (sulfide) groups is 1. The number of carbonyl (C=O) groups is 1. The van der Waals surface area contributed by atoms with Gasteiger partial charge in [0, 0.05) is 29.1 Å². The molecule has 1 aromatic carbocycles. The van der Waals surface area contributed by atoms with E-state index in [1.807, 2.05) is 36.0 Å². The van der Waals surface area contributed by atoms with E-state index in [0.717, 1.165) is 23.6 Å². The number of nitrogens with zero attached hydrogens (tertiary/aromatic N) is 4. The molecule has 0 aliphatic carbocycles. The van der Waals surface area contributed by atoms with E-state index >= 15 is 0 Å². The molecule has 2 heterocycles. The second kappa shape index (κ2) is 6.72. The lowest BCUT2D eigenvalue weighted by atomic mass is 9.97. The third-order valence-electron chi connectivity index (χ3n) is 4.46. The number of hydrogen-bond acceptors (Lipinski definition) is 5. The van der Waals surface area contributed by atoms with Crippen molar-refractivity contribution in [3.63, 3.8) is 0 Å². The molecule has 0 bridgehead atoms. The van der Waals surface area contributed by atoms with Crippen molar-refractivity contribution in [3.05, 3.63) is 42.5 Å². The van der Waals surface area contributed by atoms with Gasteiger partial charge in [0.15, 0.2) is 0 Å². The topological polar surface area (TPSA) is 63.1 Å². The molecule has 1 amide bonds. The van der Waals surface area contributed by atoms with E-state index in [2.05, 4.69) is 34.5 Å². The van der Waals surface area contributed by atoms with Gasteiger partial charge in [-0.1, -0.05) is 0 Å². The normalized spacial score (nSPS) is 20.8. The summed E-state index contributed by atoms with van der Waals surface area (Å²) >= 11 is 1.95. The van der Waals surface area contributed by atoms with Crippen LogP contribution in [0.15, 0.2) is 36.9 Å². The maximum Gasteiger partial charge on any atom is 0.251 e. The zero-order valence-corrected chi connectivity index (χ0v) is 14.2. The Labute approximate surface area is 140 Å². The van der Waals surface area contributed by atoms with Crippen LogP contribution in [0.2, 0.25) is 0 Å². The fourth-order valence-electron chi connectivity index (χ4n) is 2.71. The fourth-order valence-corrected chi connectivity index (χ4v) is 4.27. The van der Waals surface area contributed by atoms with Crippen molar-refractivity contribution in [2.75, 3.05) is 32.1 Å². The van der Waals surface area contributed by atoms with E-state index in [0.29, 0.717) is 12.1 Å². The average Bonchev–Trinajstić information content (AvgIpc) is 3.25. The Morgan fingerprint density at radius 3 is 2.57 bits per heavy atom. The number of amides is 1. The summed E-state index contributed by atoms with van der Waals surface area (Å²) in [6.07, 6.45) is 4.37. The number of nitrogens with one attached hydrogen (secondary N) is 1. The summed E-state index contributed by atoms with van der Waals surface area (Å²) in [5.74, 6) is 2.19. The molecular weight excluding hydrogens is 310 g/mol. The van der Waals surface area contributed by atoms with E-state index in [4.69, 9.17) is 0 Å². The molecule has 0 spiro atoms. The Balaban J connectivity index is 1.64. The van der Waals surface area contributed by atoms with Crippen molar-refractivity contribution in [3.8, 4) is 5.69 Å². The molecule has 0 radical (unpaired) electrons. The van der Waals surface area contributed by atoms with Crippen LogP contribution in [0.5, 0.6) is 0 Å². The van der Waals surface area contributed by atoms with Crippen molar-refractivity contribution in [2.24, 2.45) is 0 Å². The maximum atomic E-state index is 12.4. The summed E-state index contributed by atoms with van der Waals surface area (Å²) in [6.45, 7) is 0.680. The second-order valence-corrected chi connectivity index (χ2v) is 7.13. The number of rotatable bonds is 5. The molecule has 2 aromatic rings. The second-order valence-electron chi connectivity index (χ2n) is 6.02. The Morgan fingerprint density at radius 2 is 2.00 bits per heavy atom. The Hall–Kier alpha value is -1.86. The van der Waals surface area contributed by atoms with Crippen LogP contribution >= 0.6 is 11.8 Å². The van der Waals surface area contributed by atoms with Crippen molar-refractivity contribution in [2.45, 2.75) is 12.0 Å². The molecule has 1 atom stereocenters. The number of aromatic nitrogens is 3. The minimum absolute atomic E-state index is 0.0292. The predicted molar refractivity (Wildman–Crippen MR) is 92.1 cm³/mol. The Morgan fingerprint density at radius 1 is 1.30 bits per heavy atom. The number of carbonyl (C=O) groups excluding carboxylic acids is 1. The summed E-state index contributed by atoms with van der Waals surface area (Å²) in [4.78, 5) is 14.6. The van der Waals surface area contributed by atoms with Crippen LogP contribution in [-0.2, 0) is 0 Å². The van der Waals surface area contributed by atoms with Gasteiger partial charge in [0.05, 0.1) is 0 Å². The van der Waals surface area contributed by atoms with Crippen LogP contribution in [0.4, 0.5) is 0 Å². The molecule has 3 rings (SSSR count). The van der Waals surface area contributed by atoms with Crippen LogP contribution in [0.3, 0.4) is 0 Å². The minimum atomic E-state index is -0.0292. The first-order valence-electron chi connectivity index (χ1n) is 7.59. The van der Waals surface area contributed by atoms with Crippen molar-refractivity contribution in [1.29, 1.82) is 0 Å². The lowest BCUT2D eigenvalue weighted by molar-refractivity contribution is 0.0914. The summed E-state index contributed by atoms with van der Waals surface area (Å²) in [6, 6.07) is 7.45. The minimum Gasteiger partial charge on any atom is -0.350 e. The van der Waals surface area contributed by atoms with Gasteiger partial charge in [-0.05, 0) is 50.5 Å². The standard InChI is InChI=1S/C16H21N5OS/c1-20(2)16(7-8-23-10-16)9-17-15(22)13-3-5-14(6-4-13)21-11-18-19-12-21/h3-6,11-12H,7-10H2,1-2H3,(H,17,22)/t16-/m1/s1. The van der Waals surface area contributed by atoms with Crippen LogP contribution in [-0.4, -0.2) is 63.3 Å². The van der Waals surface area contributed by atoms with Crippen LogP contribution in [0.25, 0.3) is 5.69 Å². The van der Waals surface area contributed by atoms with Crippen molar-refractivity contribution in [1.82, 2.24) is 25.0 Å². The first-order valence-corrected chi connectivity index (χ1v) is 8.75. The largest absolute Gasteiger partial charge is 0.350 e. The van der Waals surface area contributed by atoms with Gasteiger partial charge in [-0.3, -0.25) is 9.36 Å². The first kappa shape index (κ1) is 16.0. The van der Waals surface area contributed by atoms with Gasteiger partial charge in [0.1, 0.15) is 12.7 Å². The van der Waals surface area contributed by atoms with Crippen LogP contribution < -0.4 is 5.32 Å². The first-order chi connectivity index (χ1) is 11.1. The molecule has 0 saturated carbocycles. The summed E-state index contributed by atoms with van der Waals surface area (Å²) in [5, 5.41) is 10.7. The Kier molecular flexibility index (Phi) is 4.68. The number of likely N-dealkylation sites (N-methyl/N-ethyl adjacent to an activating group) is 1. The summed E-state index contributed by atoms with van der Waals surface area (Å²) in [5.41, 5.74) is 1.67. The fraction of sp³-hybridized carbons (Fsp3) is 0.438. The molecule has 1 saturated heterocycles. The van der Waals surface area contributed by atoms with Gasteiger partial charge < -0.3 is 10.2 Å². The summed E-state index contributed by atoms with van der Waals surface area (Å²) in [7, 11) is 4.18. The molecule has 122 valence electrons. The van der Waals surface area contributed by atoms with E-state index in [9.17, 15) is 4.79 Å². The van der Waals surface area contributed by atoms with E-state index in [1.54, 1.807) is 17.2 Å². The third kappa shape index (κ3) is 3.40. The van der Waals surface area contributed by atoms with Gasteiger partial charge in [0.2, 0.25) is 0 Å². The molecular formula is C16H21N5OS. The third-order valence-corrected chi connectivity index (χ3v) is 5.69. The molecule has 1 aliphatic rings. The van der Waals surface area contributed by atoms with Gasteiger partial charge in [0.25, 0.3) is 5.91 Å². The summed E-state index contributed by atoms with van der Waals surface area (Å²) < 4.78 is 1.80. The molecule has 1 N–H and O–H groups in total. The monoisotopic (exact) mass is 331 g/mol. The van der Waals surface area contributed by atoms with Crippen molar-refractivity contribution >= 4 is 17.7 Å². The Bertz CT molecular complexity index is 648. The van der Waals surface area contributed by atoms with E-state index < -0.39 is 0 Å². The van der Waals surface area contributed by atoms with Crippen molar-refractivity contribution < 1.29 is 4.79 Å². The molecule has 1 aromatic heterocycles. The number of benzene rings is 1. The number of hydrogen-bond donors (Lipinski definition) is 1. The smallest absolute Gasteiger partial charge is 0.251 e. The highest BCUT2D eigenvalue weighted by atomic mass is 32.2. The predicted octanol–water partition coefficient (Wildman–Crippen LogP) is 1.43. The molecule has 6 nitrogen and oxygen atoms in total. The zero-order valence-electron chi connectivity index (χ0n) is 13.4. The van der Waals surface area contributed by atoms with Gasteiger partial charge in [-0.2, -0.15) is 11.8 Å². The quantitative estimate of drug-likeness (QED) is 0.898. The molecule has 1 fully saturated rings. The van der Waals surface area contributed by atoms with Gasteiger partial charge in [-0.25, -0.2) is 0 Å². The zero-order chi connectivity index (χ0) is 16.3. The molecule has 23 heavy (non-hydrogen) atoms. The average molecular weight is 331 g/mol. The maximum absolute atomic E-state index is 12.4. The SMILES string of the molecule is CN(C)[C@@]1(CNC(=O)c2ccc(-n3cnnc3)cc2)CCSC1. The molecule has 7 heteroatoms. The highest BCUT2D eigenvalue weighted by molar-refractivity contribution is 7.99. The van der Waals surface area contributed by atoms with Gasteiger partial charge >= 0.3 is 0 Å². The highest BCUT2D eigenvalue weighted by Gasteiger charge is 2.36. The molecule has 1 aliphatic heterocycles. The van der Waals surface area contributed by atoms with Gasteiger partial charge in [-0.15, -0.1) is 10.2 Å².